The minimum atomic E-state index is -0.646. The van der Waals surface area contributed by atoms with Crippen molar-refractivity contribution in [2.24, 2.45) is 0 Å². The third-order valence-corrected chi connectivity index (χ3v) is 3.17. The second-order valence-corrected chi connectivity index (χ2v) is 4.50. The van der Waals surface area contributed by atoms with E-state index in [-0.39, 0.29) is 16.7 Å². The second-order valence-electron chi connectivity index (χ2n) is 4.14. The first-order valence-electron chi connectivity index (χ1n) is 6.01. The van der Waals surface area contributed by atoms with Gasteiger partial charge >= 0.3 is 0 Å². The fourth-order valence-corrected chi connectivity index (χ4v) is 2.08. The molecule has 7 heteroatoms. The summed E-state index contributed by atoms with van der Waals surface area (Å²) in [5, 5.41) is -0.252. The number of aryl methyl sites for hydroxylation is 1. The van der Waals surface area contributed by atoms with Crippen LogP contribution in [0, 0.1) is 12.7 Å². The maximum atomic E-state index is 13.6. The summed E-state index contributed by atoms with van der Waals surface area (Å²) in [5.41, 5.74) is 0.621. The van der Waals surface area contributed by atoms with Crippen LogP contribution in [-0.4, -0.2) is 31.3 Å². The highest BCUT2D eigenvalue weighted by Gasteiger charge is 2.20. The summed E-state index contributed by atoms with van der Waals surface area (Å²) in [6.45, 7) is 1.51. The summed E-state index contributed by atoms with van der Waals surface area (Å²) in [6, 6.07) is 3.32. The predicted octanol–water partition coefficient (Wildman–Crippen LogP) is 3.27. The molecule has 0 atom stereocenters. The van der Waals surface area contributed by atoms with Crippen molar-refractivity contribution in [2.45, 2.75) is 6.92 Å². The number of hydrogen-bond donors (Lipinski definition) is 0. The minimum absolute atomic E-state index is 0.143. The van der Waals surface area contributed by atoms with E-state index in [1.165, 1.54) is 28.3 Å². The zero-order valence-corrected chi connectivity index (χ0v) is 12.8. The van der Waals surface area contributed by atoms with Gasteiger partial charge in [-0.15, -0.1) is 0 Å². The van der Waals surface area contributed by atoms with E-state index >= 15 is 0 Å². The highest BCUT2D eigenvalue weighted by molar-refractivity contribution is 6.29. The minimum Gasteiger partial charge on any atom is -0.496 e. The second kappa shape index (κ2) is 6.13. The molecule has 0 unspecified atom stereocenters. The summed E-state index contributed by atoms with van der Waals surface area (Å²) in [5.74, 6) is 1.00. The maximum absolute atomic E-state index is 13.6. The third kappa shape index (κ3) is 2.85. The molecular formula is C14H14ClFN2O3. The molecule has 0 saturated heterocycles. The van der Waals surface area contributed by atoms with E-state index in [1.807, 2.05) is 0 Å². The molecule has 0 radical (unpaired) electrons. The van der Waals surface area contributed by atoms with Crippen LogP contribution < -0.4 is 14.2 Å². The lowest BCUT2D eigenvalue weighted by Crippen LogP contribution is -2.01. The summed E-state index contributed by atoms with van der Waals surface area (Å²) in [6.07, 6.45) is 0. The number of ether oxygens (including phenoxy) is 3. The van der Waals surface area contributed by atoms with Crippen molar-refractivity contribution in [3.05, 3.63) is 28.8 Å². The standard InChI is InChI=1S/C14H14ClFN2O3/c1-7-12(16)13(15)18-14(17-7)11-9(20-3)5-8(19-2)6-10(11)21-4/h5-6H,1-4H3. The van der Waals surface area contributed by atoms with Crippen molar-refractivity contribution in [1.29, 1.82) is 0 Å². The Balaban J connectivity index is 2.73. The van der Waals surface area contributed by atoms with Gasteiger partial charge in [0.05, 0.1) is 27.0 Å². The van der Waals surface area contributed by atoms with Crippen molar-refractivity contribution >= 4 is 11.6 Å². The maximum Gasteiger partial charge on any atom is 0.181 e. The van der Waals surface area contributed by atoms with Crippen LogP contribution in [0.4, 0.5) is 4.39 Å². The van der Waals surface area contributed by atoms with Crippen molar-refractivity contribution in [3.63, 3.8) is 0 Å². The Morgan fingerprint density at radius 2 is 1.57 bits per heavy atom. The van der Waals surface area contributed by atoms with E-state index in [2.05, 4.69) is 9.97 Å². The van der Waals surface area contributed by atoms with Crippen LogP contribution in [0.3, 0.4) is 0 Å². The summed E-state index contributed by atoms with van der Waals surface area (Å²) >= 11 is 5.79. The molecule has 0 spiro atoms. The van der Waals surface area contributed by atoms with Crippen LogP contribution in [0.1, 0.15) is 5.69 Å². The van der Waals surface area contributed by atoms with E-state index in [4.69, 9.17) is 25.8 Å². The Hall–Kier alpha value is -2.08. The van der Waals surface area contributed by atoms with Gasteiger partial charge in [0.25, 0.3) is 0 Å². The average Bonchev–Trinajstić information content (AvgIpc) is 2.50. The van der Waals surface area contributed by atoms with E-state index in [1.54, 1.807) is 12.1 Å². The van der Waals surface area contributed by atoms with Crippen molar-refractivity contribution in [2.75, 3.05) is 21.3 Å². The van der Waals surface area contributed by atoms with Gasteiger partial charge in [-0.1, -0.05) is 11.6 Å². The highest BCUT2D eigenvalue weighted by Crippen LogP contribution is 2.40. The Bertz CT molecular complexity index is 631. The molecule has 21 heavy (non-hydrogen) atoms. The molecule has 2 rings (SSSR count). The fraction of sp³-hybridized carbons (Fsp3) is 0.286. The average molecular weight is 313 g/mol. The quantitative estimate of drug-likeness (QED) is 0.811. The lowest BCUT2D eigenvalue weighted by atomic mass is 10.1. The first-order chi connectivity index (χ1) is 10.0. The number of rotatable bonds is 4. The van der Waals surface area contributed by atoms with Crippen LogP contribution in [0.2, 0.25) is 5.15 Å². The van der Waals surface area contributed by atoms with Gasteiger partial charge in [0.15, 0.2) is 16.8 Å². The van der Waals surface area contributed by atoms with Gasteiger partial charge < -0.3 is 14.2 Å². The van der Waals surface area contributed by atoms with Gasteiger partial charge in [-0.25, -0.2) is 14.4 Å². The molecule has 0 aliphatic carbocycles. The number of hydrogen-bond acceptors (Lipinski definition) is 5. The van der Waals surface area contributed by atoms with Crippen LogP contribution in [-0.2, 0) is 0 Å². The zero-order chi connectivity index (χ0) is 15.6. The molecule has 0 saturated carbocycles. The molecule has 0 aliphatic rings. The Labute approximate surface area is 126 Å². The number of nitrogens with zero attached hydrogens (tertiary/aromatic N) is 2. The lowest BCUT2D eigenvalue weighted by molar-refractivity contribution is 0.377. The predicted molar refractivity (Wildman–Crippen MR) is 76.8 cm³/mol. The molecule has 2 aromatic rings. The molecule has 1 heterocycles. The molecule has 0 fully saturated rings. The Morgan fingerprint density at radius 3 is 2.00 bits per heavy atom. The summed E-state index contributed by atoms with van der Waals surface area (Å²) in [7, 11) is 4.52. The van der Waals surface area contributed by atoms with E-state index in [0.717, 1.165) is 0 Å². The molecular weight excluding hydrogens is 299 g/mol. The van der Waals surface area contributed by atoms with E-state index in [9.17, 15) is 4.39 Å². The molecule has 112 valence electrons. The molecule has 0 bridgehead atoms. The Kier molecular flexibility index (Phi) is 4.47. The van der Waals surface area contributed by atoms with Crippen LogP contribution in [0.25, 0.3) is 11.4 Å². The molecule has 0 aliphatic heterocycles. The van der Waals surface area contributed by atoms with Gasteiger partial charge in [0, 0.05) is 12.1 Å². The molecule has 1 aromatic carbocycles. The molecule has 5 nitrogen and oxygen atoms in total. The van der Waals surface area contributed by atoms with Crippen LogP contribution in [0.15, 0.2) is 12.1 Å². The first kappa shape index (κ1) is 15.3. The van der Waals surface area contributed by atoms with Gasteiger partial charge in [0.2, 0.25) is 0 Å². The van der Waals surface area contributed by atoms with Crippen molar-refractivity contribution in [3.8, 4) is 28.6 Å². The SMILES string of the molecule is COc1cc(OC)c(-c2nc(C)c(F)c(Cl)n2)c(OC)c1. The molecule has 0 amide bonds. The summed E-state index contributed by atoms with van der Waals surface area (Å²) < 4.78 is 29.4. The smallest absolute Gasteiger partial charge is 0.181 e. The number of benzene rings is 1. The van der Waals surface area contributed by atoms with E-state index < -0.39 is 5.82 Å². The third-order valence-electron chi connectivity index (χ3n) is 2.92. The van der Waals surface area contributed by atoms with Gasteiger partial charge in [-0.3, -0.25) is 0 Å². The monoisotopic (exact) mass is 312 g/mol. The lowest BCUT2D eigenvalue weighted by Gasteiger charge is -2.14. The number of aromatic nitrogens is 2. The van der Waals surface area contributed by atoms with Crippen LogP contribution in [0.5, 0.6) is 17.2 Å². The fourth-order valence-electron chi connectivity index (χ4n) is 1.86. The van der Waals surface area contributed by atoms with Gasteiger partial charge in [-0.2, -0.15) is 0 Å². The van der Waals surface area contributed by atoms with Crippen molar-refractivity contribution in [1.82, 2.24) is 9.97 Å². The summed E-state index contributed by atoms with van der Waals surface area (Å²) in [4.78, 5) is 8.06. The number of halogens is 2. The first-order valence-corrected chi connectivity index (χ1v) is 6.39. The van der Waals surface area contributed by atoms with Crippen LogP contribution >= 0.6 is 11.6 Å². The normalized spacial score (nSPS) is 10.4. The highest BCUT2D eigenvalue weighted by atomic mass is 35.5. The topological polar surface area (TPSA) is 53.5 Å². The van der Waals surface area contributed by atoms with Crippen molar-refractivity contribution < 1.29 is 18.6 Å². The number of methoxy groups -OCH3 is 3. The van der Waals surface area contributed by atoms with Gasteiger partial charge in [0.1, 0.15) is 22.8 Å². The Morgan fingerprint density at radius 1 is 1.00 bits per heavy atom. The zero-order valence-electron chi connectivity index (χ0n) is 12.0. The largest absolute Gasteiger partial charge is 0.496 e. The van der Waals surface area contributed by atoms with E-state index in [0.29, 0.717) is 22.8 Å². The van der Waals surface area contributed by atoms with Gasteiger partial charge in [-0.05, 0) is 6.92 Å². The molecule has 1 aromatic heterocycles. The molecule has 0 N–H and O–H groups in total.